The predicted molar refractivity (Wildman–Crippen MR) is 137 cm³/mol. The minimum atomic E-state index is -4.71. The number of ether oxygens (including phenoxy) is 3. The van der Waals surface area contributed by atoms with Gasteiger partial charge < -0.3 is 19.3 Å². The molecule has 1 unspecified atom stereocenters. The van der Waals surface area contributed by atoms with Gasteiger partial charge in [-0.1, -0.05) is 11.6 Å². The minimum Gasteiger partial charge on any atom is -0.495 e. The number of nitrogens with zero attached hydrogens (tertiary/aromatic N) is 4. The number of carbonyl (C=O) groups is 1. The van der Waals surface area contributed by atoms with Gasteiger partial charge in [-0.3, -0.25) is 14.7 Å². The molecule has 0 saturated carbocycles. The van der Waals surface area contributed by atoms with Crippen molar-refractivity contribution in [3.8, 4) is 23.1 Å². The Labute approximate surface area is 226 Å². The van der Waals surface area contributed by atoms with Gasteiger partial charge in [-0.2, -0.15) is 18.3 Å². The van der Waals surface area contributed by atoms with Crippen molar-refractivity contribution in [3.63, 3.8) is 0 Å². The maximum absolute atomic E-state index is 14.6. The Morgan fingerprint density at radius 2 is 1.97 bits per heavy atom. The summed E-state index contributed by atoms with van der Waals surface area (Å²) >= 11 is 6.21. The van der Waals surface area contributed by atoms with E-state index in [1.165, 1.54) is 49.6 Å². The zero-order valence-corrected chi connectivity index (χ0v) is 22.0. The van der Waals surface area contributed by atoms with Crippen LogP contribution in [0.15, 0.2) is 41.6 Å². The van der Waals surface area contributed by atoms with Gasteiger partial charge in [0, 0.05) is 25.9 Å². The zero-order chi connectivity index (χ0) is 28.9. The molecule has 14 heteroatoms. The lowest BCUT2D eigenvalue weighted by Gasteiger charge is -2.23. The van der Waals surface area contributed by atoms with Crippen LogP contribution < -0.4 is 19.2 Å². The number of amides is 1. The van der Waals surface area contributed by atoms with Crippen LogP contribution in [0.2, 0.25) is 5.02 Å². The third-order valence-electron chi connectivity index (χ3n) is 5.55. The van der Waals surface area contributed by atoms with Crippen LogP contribution in [0.5, 0.6) is 23.1 Å². The fraction of sp³-hybridized carbons (Fsp3) is 0.320. The molecule has 0 saturated heterocycles. The van der Waals surface area contributed by atoms with Crippen LogP contribution in [0.25, 0.3) is 10.8 Å². The molecule has 1 aromatic heterocycles. The lowest BCUT2D eigenvalue weighted by Crippen LogP contribution is -2.34. The van der Waals surface area contributed by atoms with Crippen molar-refractivity contribution < 1.29 is 41.7 Å². The first-order valence-corrected chi connectivity index (χ1v) is 11.8. The molecule has 1 amide bonds. The van der Waals surface area contributed by atoms with Crippen LogP contribution in [0.3, 0.4) is 0 Å². The molecule has 0 radical (unpaired) electrons. The van der Waals surface area contributed by atoms with Gasteiger partial charge in [-0.25, -0.2) is 9.37 Å². The number of anilines is 1. The number of pyridine rings is 1. The highest BCUT2D eigenvalue weighted by atomic mass is 35.5. The smallest absolute Gasteiger partial charge is 0.425 e. The van der Waals surface area contributed by atoms with Crippen LogP contribution in [0.1, 0.15) is 13.8 Å². The fourth-order valence-corrected chi connectivity index (χ4v) is 3.71. The topological polar surface area (TPSA) is 96.7 Å². The van der Waals surface area contributed by atoms with Crippen molar-refractivity contribution in [2.75, 3.05) is 32.3 Å². The molecule has 3 aromatic rings. The second-order valence-electron chi connectivity index (χ2n) is 8.04. The number of halogens is 5. The van der Waals surface area contributed by atoms with Gasteiger partial charge in [0.15, 0.2) is 23.5 Å². The molecule has 1 N–H and O–H groups in total. The Morgan fingerprint density at radius 1 is 1.26 bits per heavy atom. The average molecular weight is 573 g/mol. The highest BCUT2D eigenvalue weighted by molar-refractivity contribution is 6.33. The largest absolute Gasteiger partial charge is 0.495 e. The first-order chi connectivity index (χ1) is 18.4. The van der Waals surface area contributed by atoms with E-state index < -0.39 is 30.5 Å². The maximum Gasteiger partial charge on any atom is 0.425 e. The van der Waals surface area contributed by atoms with E-state index in [1.54, 1.807) is 6.92 Å². The number of amidine groups is 1. The molecule has 39 heavy (non-hydrogen) atoms. The molecule has 1 atom stereocenters. The summed E-state index contributed by atoms with van der Waals surface area (Å²) in [5, 5.41) is 15.2. The van der Waals surface area contributed by atoms with Gasteiger partial charge in [-0.15, -0.1) is 0 Å². The highest BCUT2D eigenvalue weighted by Crippen LogP contribution is 2.43. The normalized spacial score (nSPS) is 12.7. The summed E-state index contributed by atoms with van der Waals surface area (Å²) in [6, 6.07) is 6.60. The van der Waals surface area contributed by atoms with Crippen molar-refractivity contribution in [2.24, 2.45) is 5.10 Å². The molecule has 0 bridgehead atoms. The van der Waals surface area contributed by atoms with Gasteiger partial charge in [0.2, 0.25) is 12.3 Å². The molecule has 0 aliphatic carbocycles. The molecule has 9 nitrogen and oxygen atoms in total. The van der Waals surface area contributed by atoms with E-state index in [1.807, 2.05) is 0 Å². The number of hydrogen-bond donors (Lipinski definition) is 1. The second-order valence-corrected chi connectivity index (χ2v) is 8.42. The number of methoxy groups -OCH3 is 1. The number of benzene rings is 2. The molecule has 2 aromatic carbocycles. The van der Waals surface area contributed by atoms with Crippen molar-refractivity contribution in [1.82, 2.24) is 9.88 Å². The second kappa shape index (κ2) is 12.3. The Balaban J connectivity index is 2.21. The first kappa shape index (κ1) is 29.7. The number of rotatable bonds is 10. The predicted octanol–water partition coefficient (Wildman–Crippen LogP) is 5.38. The third kappa shape index (κ3) is 6.60. The molecule has 0 spiro atoms. The Kier molecular flexibility index (Phi) is 9.41. The van der Waals surface area contributed by atoms with Gasteiger partial charge in [0.05, 0.1) is 18.2 Å². The number of alkyl halides is 3. The van der Waals surface area contributed by atoms with Crippen molar-refractivity contribution >= 4 is 40.3 Å². The number of hydrazone groups is 1. The van der Waals surface area contributed by atoms with Gasteiger partial charge in [0.1, 0.15) is 23.1 Å². The highest BCUT2D eigenvalue weighted by Gasteiger charge is 2.38. The minimum absolute atomic E-state index is 0.00141. The number of aliphatic hydroxyl groups is 1. The van der Waals surface area contributed by atoms with Crippen LogP contribution >= 0.6 is 11.6 Å². The summed E-state index contributed by atoms with van der Waals surface area (Å²) in [7, 11) is 2.79. The SMILES string of the molecule is CCN(C=O)/C(CO)=N\N(C)c1cc(OC(C)C(F)(F)F)c2c(Oc3c(F)ccc(OC)c3Cl)nccc2c1. The van der Waals surface area contributed by atoms with E-state index in [-0.39, 0.29) is 45.9 Å². The first-order valence-electron chi connectivity index (χ1n) is 11.4. The number of carbonyl (C=O) groups excluding carboxylic acids is 1. The van der Waals surface area contributed by atoms with E-state index in [0.29, 0.717) is 11.8 Å². The maximum atomic E-state index is 14.6. The Morgan fingerprint density at radius 3 is 2.56 bits per heavy atom. The summed E-state index contributed by atoms with van der Waals surface area (Å²) in [6.07, 6.45) is -5.17. The number of fused-ring (bicyclic) bond motifs is 1. The molecule has 0 fully saturated rings. The quantitative estimate of drug-likeness (QED) is 0.115. The van der Waals surface area contributed by atoms with E-state index in [4.69, 9.17) is 25.8 Å². The molecule has 0 aliphatic heterocycles. The monoisotopic (exact) mass is 572 g/mol. The lowest BCUT2D eigenvalue weighted by molar-refractivity contribution is -0.189. The molecular formula is C25H25ClF4N4O5. The number of aromatic nitrogens is 1. The van der Waals surface area contributed by atoms with E-state index in [0.717, 1.165) is 17.9 Å². The fourth-order valence-electron chi connectivity index (χ4n) is 3.44. The van der Waals surface area contributed by atoms with Crippen LogP contribution in [0.4, 0.5) is 23.2 Å². The van der Waals surface area contributed by atoms with Gasteiger partial charge in [-0.05, 0) is 43.5 Å². The molecule has 1 heterocycles. The number of hydrogen-bond acceptors (Lipinski definition) is 8. The summed E-state index contributed by atoms with van der Waals surface area (Å²) < 4.78 is 71.1. The van der Waals surface area contributed by atoms with Gasteiger partial charge in [0.25, 0.3) is 0 Å². The van der Waals surface area contributed by atoms with Crippen molar-refractivity contribution in [1.29, 1.82) is 0 Å². The number of likely N-dealkylation sites (N-methyl/N-ethyl adjacent to an activating group) is 1. The van der Waals surface area contributed by atoms with Crippen LogP contribution in [0, 0.1) is 5.82 Å². The molecule has 210 valence electrons. The van der Waals surface area contributed by atoms with Crippen molar-refractivity contribution in [3.05, 3.63) is 47.4 Å². The number of aliphatic hydroxyl groups excluding tert-OH is 1. The zero-order valence-electron chi connectivity index (χ0n) is 21.3. The van der Waals surface area contributed by atoms with E-state index in [9.17, 15) is 27.5 Å². The van der Waals surface area contributed by atoms with E-state index in [2.05, 4.69) is 10.1 Å². The van der Waals surface area contributed by atoms with Gasteiger partial charge >= 0.3 is 6.18 Å². The van der Waals surface area contributed by atoms with Crippen molar-refractivity contribution in [2.45, 2.75) is 26.1 Å². The third-order valence-corrected chi connectivity index (χ3v) is 5.91. The van der Waals surface area contributed by atoms with E-state index >= 15 is 0 Å². The molecule has 0 aliphatic rings. The Bertz CT molecular complexity index is 1370. The summed E-state index contributed by atoms with van der Waals surface area (Å²) in [4.78, 5) is 16.5. The average Bonchev–Trinajstić information content (AvgIpc) is 2.90. The summed E-state index contributed by atoms with van der Waals surface area (Å²) in [5.41, 5.74) is 0.238. The standard InChI is InChI=1S/C25H25ClF4N4O5/c1-5-34(13-36)20(12-35)32-33(3)16-10-15-8-9-31-24(21(15)19(11-16)38-14(2)25(28,29)30)39-23-17(27)6-7-18(37-4)22(23)26/h6-11,13-14,35H,5,12H2,1-4H3/b32-20-. The molecular weight excluding hydrogens is 548 g/mol. The van der Waals surface area contributed by atoms with Crippen LogP contribution in [-0.2, 0) is 4.79 Å². The van der Waals surface area contributed by atoms with Crippen LogP contribution in [-0.4, -0.2) is 66.8 Å². The Hall–Kier alpha value is -3.84. The molecule has 3 rings (SSSR count). The lowest BCUT2D eigenvalue weighted by atomic mass is 10.1. The summed E-state index contributed by atoms with van der Waals surface area (Å²) in [5.74, 6) is -1.78. The summed E-state index contributed by atoms with van der Waals surface area (Å²) in [6.45, 7) is 2.14.